The zero-order valence-electron chi connectivity index (χ0n) is 12.6. The van der Waals surface area contributed by atoms with E-state index < -0.39 is 0 Å². The van der Waals surface area contributed by atoms with E-state index in [0.717, 1.165) is 6.42 Å². The number of methoxy groups -OCH3 is 1. The first-order chi connectivity index (χ1) is 9.67. The fourth-order valence-electron chi connectivity index (χ4n) is 2.76. The van der Waals surface area contributed by atoms with E-state index in [2.05, 4.69) is 11.3 Å². The number of hydrogen-bond acceptors (Lipinski definition) is 3. The highest BCUT2D eigenvalue weighted by Gasteiger charge is 2.18. The number of carbonyl (C=O) groups is 2. The summed E-state index contributed by atoms with van der Waals surface area (Å²) in [6.45, 7) is 4.59. The topological polar surface area (TPSA) is 46.6 Å². The van der Waals surface area contributed by atoms with Crippen LogP contribution in [0, 0.1) is 5.92 Å². The van der Waals surface area contributed by atoms with Crippen LogP contribution in [0.1, 0.15) is 51.4 Å². The molecule has 0 saturated heterocycles. The molecule has 0 unspecified atom stereocenters. The van der Waals surface area contributed by atoms with E-state index in [9.17, 15) is 9.59 Å². The van der Waals surface area contributed by atoms with Crippen LogP contribution in [0.4, 0.5) is 0 Å². The molecular formula is C16H27NO3. The average Bonchev–Trinajstić information content (AvgIpc) is 2.49. The first-order valence-corrected chi connectivity index (χ1v) is 7.63. The monoisotopic (exact) mass is 281 g/mol. The van der Waals surface area contributed by atoms with E-state index in [4.69, 9.17) is 0 Å². The first kappa shape index (κ1) is 16.7. The number of carbonyl (C=O) groups excluding carboxylic acids is 2. The Hall–Kier alpha value is -1.32. The lowest BCUT2D eigenvalue weighted by molar-refractivity contribution is -0.141. The second kappa shape index (κ2) is 9.56. The molecule has 0 aromatic heterocycles. The quantitative estimate of drug-likeness (QED) is 0.507. The molecule has 0 atom stereocenters. The average molecular weight is 281 g/mol. The van der Waals surface area contributed by atoms with Gasteiger partial charge in [-0.3, -0.25) is 9.59 Å². The maximum absolute atomic E-state index is 12.2. The second-order valence-corrected chi connectivity index (χ2v) is 5.50. The molecule has 0 spiro atoms. The number of nitrogens with zero attached hydrogens (tertiary/aromatic N) is 1. The molecule has 0 radical (unpaired) electrons. The lowest BCUT2D eigenvalue weighted by atomic mass is 9.86. The molecule has 4 heteroatoms. The molecule has 1 saturated carbocycles. The van der Waals surface area contributed by atoms with Gasteiger partial charge < -0.3 is 9.64 Å². The molecule has 4 nitrogen and oxygen atoms in total. The Morgan fingerprint density at radius 3 is 2.55 bits per heavy atom. The van der Waals surface area contributed by atoms with Crippen LogP contribution in [0.2, 0.25) is 0 Å². The van der Waals surface area contributed by atoms with Gasteiger partial charge in [0.1, 0.15) is 0 Å². The molecule has 0 aromatic carbocycles. The lowest BCUT2D eigenvalue weighted by Crippen LogP contribution is -2.33. The SMILES string of the molecule is C=CCN(CCC(=O)OC)C(=O)CCC1CCCCC1. The summed E-state index contributed by atoms with van der Waals surface area (Å²) in [6.07, 6.45) is 9.98. The number of rotatable bonds is 8. The van der Waals surface area contributed by atoms with Crippen molar-refractivity contribution in [2.45, 2.75) is 51.4 Å². The summed E-state index contributed by atoms with van der Waals surface area (Å²) < 4.78 is 4.61. The summed E-state index contributed by atoms with van der Waals surface area (Å²) in [7, 11) is 1.37. The summed E-state index contributed by atoms with van der Waals surface area (Å²) in [5.74, 6) is 0.553. The molecule has 0 aromatic rings. The molecule has 1 rings (SSSR count). The maximum atomic E-state index is 12.2. The van der Waals surface area contributed by atoms with Crippen molar-refractivity contribution in [2.24, 2.45) is 5.92 Å². The summed E-state index contributed by atoms with van der Waals surface area (Å²) >= 11 is 0. The molecule has 114 valence electrons. The molecule has 0 aliphatic heterocycles. The number of amides is 1. The van der Waals surface area contributed by atoms with E-state index in [-0.39, 0.29) is 18.3 Å². The molecule has 0 bridgehead atoms. The highest BCUT2D eigenvalue weighted by atomic mass is 16.5. The van der Waals surface area contributed by atoms with Crippen LogP contribution < -0.4 is 0 Å². The minimum atomic E-state index is -0.279. The van der Waals surface area contributed by atoms with Crippen molar-refractivity contribution in [2.75, 3.05) is 20.2 Å². The van der Waals surface area contributed by atoms with E-state index in [1.807, 2.05) is 0 Å². The Bertz CT molecular complexity index is 322. The van der Waals surface area contributed by atoms with Crippen molar-refractivity contribution < 1.29 is 14.3 Å². The second-order valence-electron chi connectivity index (χ2n) is 5.50. The van der Waals surface area contributed by atoms with Gasteiger partial charge in [-0.05, 0) is 12.3 Å². The van der Waals surface area contributed by atoms with Crippen LogP contribution >= 0.6 is 0 Å². The van der Waals surface area contributed by atoms with Crippen LogP contribution in [0.25, 0.3) is 0 Å². The smallest absolute Gasteiger partial charge is 0.307 e. The van der Waals surface area contributed by atoms with Crippen molar-refractivity contribution >= 4 is 11.9 Å². The Morgan fingerprint density at radius 1 is 1.25 bits per heavy atom. The van der Waals surface area contributed by atoms with Gasteiger partial charge in [-0.15, -0.1) is 6.58 Å². The Balaban J connectivity index is 2.34. The van der Waals surface area contributed by atoms with Gasteiger partial charge in [0.15, 0.2) is 0 Å². The Kier molecular flexibility index (Phi) is 8.00. The van der Waals surface area contributed by atoms with Gasteiger partial charge in [0, 0.05) is 19.5 Å². The van der Waals surface area contributed by atoms with Crippen LogP contribution in [0.5, 0.6) is 0 Å². The van der Waals surface area contributed by atoms with Crippen LogP contribution in [0.3, 0.4) is 0 Å². The van der Waals surface area contributed by atoms with Crippen molar-refractivity contribution in [1.29, 1.82) is 0 Å². The van der Waals surface area contributed by atoms with Gasteiger partial charge >= 0.3 is 5.97 Å². The van der Waals surface area contributed by atoms with Gasteiger partial charge in [0.05, 0.1) is 13.5 Å². The fraction of sp³-hybridized carbons (Fsp3) is 0.750. The summed E-state index contributed by atoms with van der Waals surface area (Å²) in [6, 6.07) is 0. The molecule has 20 heavy (non-hydrogen) atoms. The van der Waals surface area contributed by atoms with Gasteiger partial charge in [0.2, 0.25) is 5.91 Å². The molecule has 0 N–H and O–H groups in total. The fourth-order valence-corrected chi connectivity index (χ4v) is 2.76. The zero-order chi connectivity index (χ0) is 14.8. The predicted octanol–water partition coefficient (Wildman–Crippen LogP) is 2.92. The lowest BCUT2D eigenvalue weighted by Gasteiger charge is -2.24. The number of hydrogen-bond donors (Lipinski definition) is 0. The third-order valence-corrected chi connectivity index (χ3v) is 4.01. The van der Waals surface area contributed by atoms with Crippen LogP contribution in [-0.4, -0.2) is 37.0 Å². The van der Waals surface area contributed by atoms with Crippen LogP contribution in [-0.2, 0) is 14.3 Å². The molecule has 1 fully saturated rings. The van der Waals surface area contributed by atoms with Crippen molar-refractivity contribution in [3.05, 3.63) is 12.7 Å². The van der Waals surface area contributed by atoms with Gasteiger partial charge in [0.25, 0.3) is 0 Å². The number of ether oxygens (including phenoxy) is 1. The maximum Gasteiger partial charge on any atom is 0.307 e. The Morgan fingerprint density at radius 2 is 1.95 bits per heavy atom. The van der Waals surface area contributed by atoms with Gasteiger partial charge in [-0.2, -0.15) is 0 Å². The summed E-state index contributed by atoms with van der Waals surface area (Å²) in [5.41, 5.74) is 0. The molecule has 1 aliphatic carbocycles. The van der Waals surface area contributed by atoms with E-state index in [1.165, 1.54) is 39.2 Å². The number of esters is 1. The first-order valence-electron chi connectivity index (χ1n) is 7.63. The molecular weight excluding hydrogens is 254 g/mol. The summed E-state index contributed by atoms with van der Waals surface area (Å²) in [4.78, 5) is 25.1. The largest absolute Gasteiger partial charge is 0.469 e. The van der Waals surface area contributed by atoms with E-state index in [1.54, 1.807) is 11.0 Å². The predicted molar refractivity (Wildman–Crippen MR) is 79.2 cm³/mol. The van der Waals surface area contributed by atoms with Crippen molar-refractivity contribution in [3.63, 3.8) is 0 Å². The normalized spacial score (nSPS) is 15.7. The van der Waals surface area contributed by atoms with E-state index in [0.29, 0.717) is 25.4 Å². The minimum Gasteiger partial charge on any atom is -0.469 e. The summed E-state index contributed by atoms with van der Waals surface area (Å²) in [5, 5.41) is 0. The zero-order valence-corrected chi connectivity index (χ0v) is 12.6. The third-order valence-electron chi connectivity index (χ3n) is 4.01. The van der Waals surface area contributed by atoms with Crippen molar-refractivity contribution in [1.82, 2.24) is 4.90 Å². The van der Waals surface area contributed by atoms with Crippen molar-refractivity contribution in [3.8, 4) is 0 Å². The molecule has 0 heterocycles. The minimum absolute atomic E-state index is 0.124. The Labute approximate surface area is 122 Å². The highest BCUT2D eigenvalue weighted by molar-refractivity contribution is 5.77. The highest BCUT2D eigenvalue weighted by Crippen LogP contribution is 2.27. The van der Waals surface area contributed by atoms with E-state index >= 15 is 0 Å². The van der Waals surface area contributed by atoms with Gasteiger partial charge in [-0.1, -0.05) is 38.2 Å². The molecule has 1 amide bonds. The van der Waals surface area contributed by atoms with Gasteiger partial charge in [-0.25, -0.2) is 0 Å². The standard InChI is InChI=1S/C16H27NO3/c1-3-12-17(13-11-16(19)20-2)15(18)10-9-14-7-5-4-6-8-14/h3,14H,1,4-13H2,2H3. The molecule has 1 aliphatic rings. The third kappa shape index (κ3) is 6.22. The van der Waals surface area contributed by atoms with Crippen LogP contribution in [0.15, 0.2) is 12.7 Å².